The molecule has 1 saturated heterocycles. The molecule has 0 aromatic carbocycles. The van der Waals surface area contributed by atoms with E-state index in [9.17, 15) is 4.79 Å². The predicted octanol–water partition coefficient (Wildman–Crippen LogP) is 2.33. The summed E-state index contributed by atoms with van der Waals surface area (Å²) in [6.45, 7) is 4.90. The molecule has 3 heteroatoms. The minimum atomic E-state index is -0.0194. The van der Waals surface area contributed by atoms with Crippen molar-refractivity contribution in [2.75, 3.05) is 19.6 Å². The fourth-order valence-electron chi connectivity index (χ4n) is 2.86. The normalized spacial score (nSPS) is 26.1. The van der Waals surface area contributed by atoms with Gasteiger partial charge in [-0.2, -0.15) is 0 Å². The Labute approximate surface area is 111 Å². The number of carbonyl (C=O) groups excluding carboxylic acids is 1. The van der Waals surface area contributed by atoms with Crippen LogP contribution in [0.15, 0.2) is 12.2 Å². The van der Waals surface area contributed by atoms with Crippen LogP contribution in [-0.2, 0) is 4.79 Å². The molecule has 0 aromatic heterocycles. The topological polar surface area (TPSA) is 32.3 Å². The Morgan fingerprint density at radius 2 is 2.11 bits per heavy atom. The van der Waals surface area contributed by atoms with Gasteiger partial charge in [-0.15, -0.1) is 0 Å². The van der Waals surface area contributed by atoms with Crippen LogP contribution in [0.3, 0.4) is 0 Å². The molecule has 2 rings (SSSR count). The molecule has 2 atom stereocenters. The molecule has 3 nitrogen and oxygen atoms in total. The third kappa shape index (κ3) is 3.84. The molecular weight excluding hydrogens is 224 g/mol. The van der Waals surface area contributed by atoms with E-state index < -0.39 is 0 Å². The summed E-state index contributed by atoms with van der Waals surface area (Å²) in [5.74, 6) is 1.01. The first-order chi connectivity index (χ1) is 8.77. The number of rotatable bonds is 4. The maximum Gasteiger partial charge on any atom is 0.239 e. The number of piperidine rings is 1. The van der Waals surface area contributed by atoms with Crippen LogP contribution in [0.1, 0.15) is 45.4 Å². The number of allylic oxidation sites excluding steroid dienone is 2. The van der Waals surface area contributed by atoms with Crippen LogP contribution in [0.25, 0.3) is 0 Å². The predicted molar refractivity (Wildman–Crippen MR) is 74.4 cm³/mol. The third-order valence-corrected chi connectivity index (χ3v) is 4.13. The molecule has 0 bridgehead atoms. The molecule has 102 valence electrons. The smallest absolute Gasteiger partial charge is 0.239 e. The number of nitrogens with one attached hydrogen (secondary N) is 1. The lowest BCUT2D eigenvalue weighted by atomic mass is 9.94. The summed E-state index contributed by atoms with van der Waals surface area (Å²) in [5, 5.41) is 3.42. The first-order valence-corrected chi connectivity index (χ1v) is 7.44. The molecule has 0 aromatic rings. The largest absolute Gasteiger partial charge is 0.341 e. The molecule has 0 saturated carbocycles. The zero-order chi connectivity index (χ0) is 12.8. The van der Waals surface area contributed by atoms with Gasteiger partial charge >= 0.3 is 0 Å². The average molecular weight is 250 g/mol. The SMILES string of the molecule is CC(NCC1CC=CCC1)C(=O)N1CCCCC1. The van der Waals surface area contributed by atoms with Gasteiger partial charge in [-0.25, -0.2) is 0 Å². The fourth-order valence-corrected chi connectivity index (χ4v) is 2.86. The molecule has 1 aliphatic carbocycles. The summed E-state index contributed by atoms with van der Waals surface area (Å²) in [7, 11) is 0. The second-order valence-corrected chi connectivity index (χ2v) is 5.67. The summed E-state index contributed by atoms with van der Waals surface area (Å²) in [6.07, 6.45) is 11.8. The Morgan fingerprint density at radius 1 is 1.33 bits per heavy atom. The van der Waals surface area contributed by atoms with Crippen LogP contribution >= 0.6 is 0 Å². The van der Waals surface area contributed by atoms with Gasteiger partial charge in [0.2, 0.25) is 5.91 Å². The van der Waals surface area contributed by atoms with E-state index in [1.807, 2.05) is 11.8 Å². The second-order valence-electron chi connectivity index (χ2n) is 5.67. The molecule has 1 N–H and O–H groups in total. The lowest BCUT2D eigenvalue weighted by Crippen LogP contribution is -2.47. The van der Waals surface area contributed by atoms with Crippen molar-refractivity contribution in [3.05, 3.63) is 12.2 Å². The molecule has 18 heavy (non-hydrogen) atoms. The number of amides is 1. The maximum absolute atomic E-state index is 12.2. The Hall–Kier alpha value is -0.830. The summed E-state index contributed by atoms with van der Waals surface area (Å²) < 4.78 is 0. The minimum absolute atomic E-state index is 0.0194. The number of carbonyl (C=O) groups is 1. The molecule has 1 heterocycles. The third-order valence-electron chi connectivity index (χ3n) is 4.13. The Kier molecular flexibility index (Phi) is 5.24. The van der Waals surface area contributed by atoms with Crippen molar-refractivity contribution in [3.63, 3.8) is 0 Å². The standard InChI is InChI=1S/C15H26N2O/c1-13(15(18)17-10-6-3-7-11-17)16-12-14-8-4-2-5-9-14/h2,4,13-14,16H,3,5-12H2,1H3. The summed E-state index contributed by atoms with van der Waals surface area (Å²) >= 11 is 0. The van der Waals surface area contributed by atoms with Gasteiger partial charge in [-0.05, 0) is 57.9 Å². The second kappa shape index (κ2) is 6.93. The minimum Gasteiger partial charge on any atom is -0.341 e. The molecule has 0 spiro atoms. The van der Waals surface area contributed by atoms with Crippen LogP contribution in [-0.4, -0.2) is 36.5 Å². The molecular formula is C15H26N2O. The monoisotopic (exact) mass is 250 g/mol. The van der Waals surface area contributed by atoms with Crippen molar-refractivity contribution in [2.24, 2.45) is 5.92 Å². The highest BCUT2D eigenvalue weighted by Gasteiger charge is 2.22. The van der Waals surface area contributed by atoms with Crippen molar-refractivity contribution in [2.45, 2.75) is 51.5 Å². The number of likely N-dealkylation sites (tertiary alicyclic amines) is 1. The van der Waals surface area contributed by atoms with E-state index in [-0.39, 0.29) is 6.04 Å². The van der Waals surface area contributed by atoms with E-state index >= 15 is 0 Å². The zero-order valence-corrected chi connectivity index (χ0v) is 11.5. The molecule has 0 radical (unpaired) electrons. The Bertz CT molecular complexity index is 295. The average Bonchev–Trinajstić information content (AvgIpc) is 2.46. The fraction of sp³-hybridized carbons (Fsp3) is 0.800. The zero-order valence-electron chi connectivity index (χ0n) is 11.5. The van der Waals surface area contributed by atoms with Gasteiger partial charge in [0.1, 0.15) is 0 Å². The molecule has 1 amide bonds. The van der Waals surface area contributed by atoms with Gasteiger partial charge in [-0.3, -0.25) is 4.79 Å². The highest BCUT2D eigenvalue weighted by atomic mass is 16.2. The maximum atomic E-state index is 12.2. The number of hydrogen-bond donors (Lipinski definition) is 1. The van der Waals surface area contributed by atoms with Crippen LogP contribution in [0.5, 0.6) is 0 Å². The first kappa shape index (κ1) is 13.6. The van der Waals surface area contributed by atoms with E-state index in [2.05, 4.69) is 17.5 Å². The summed E-state index contributed by atoms with van der Waals surface area (Å²) in [6, 6.07) is -0.0194. The highest BCUT2D eigenvalue weighted by Crippen LogP contribution is 2.17. The quantitative estimate of drug-likeness (QED) is 0.777. The van der Waals surface area contributed by atoms with Gasteiger partial charge in [0, 0.05) is 13.1 Å². The van der Waals surface area contributed by atoms with Crippen LogP contribution in [0.4, 0.5) is 0 Å². The first-order valence-electron chi connectivity index (χ1n) is 7.44. The van der Waals surface area contributed by atoms with Crippen LogP contribution < -0.4 is 5.32 Å². The van der Waals surface area contributed by atoms with E-state index in [0.717, 1.165) is 26.1 Å². The lowest BCUT2D eigenvalue weighted by molar-refractivity contribution is -0.133. The molecule has 2 unspecified atom stereocenters. The van der Waals surface area contributed by atoms with Gasteiger partial charge in [0.25, 0.3) is 0 Å². The van der Waals surface area contributed by atoms with Gasteiger partial charge in [0.15, 0.2) is 0 Å². The Balaban J connectivity index is 1.71. The molecule has 1 aliphatic heterocycles. The molecule has 1 fully saturated rings. The van der Waals surface area contributed by atoms with E-state index in [1.54, 1.807) is 0 Å². The van der Waals surface area contributed by atoms with Crippen molar-refractivity contribution in [1.82, 2.24) is 10.2 Å². The van der Waals surface area contributed by atoms with Crippen LogP contribution in [0, 0.1) is 5.92 Å². The van der Waals surface area contributed by atoms with E-state index in [1.165, 1.54) is 32.1 Å². The Morgan fingerprint density at radius 3 is 2.78 bits per heavy atom. The number of hydrogen-bond acceptors (Lipinski definition) is 2. The van der Waals surface area contributed by atoms with Gasteiger partial charge in [0.05, 0.1) is 6.04 Å². The van der Waals surface area contributed by atoms with E-state index in [0.29, 0.717) is 11.8 Å². The van der Waals surface area contributed by atoms with Gasteiger partial charge in [-0.1, -0.05) is 12.2 Å². The molecule has 2 aliphatic rings. The van der Waals surface area contributed by atoms with Crippen LogP contribution in [0.2, 0.25) is 0 Å². The van der Waals surface area contributed by atoms with Crippen molar-refractivity contribution < 1.29 is 4.79 Å². The summed E-state index contributed by atoms with van der Waals surface area (Å²) in [5.41, 5.74) is 0. The number of nitrogens with zero attached hydrogens (tertiary/aromatic N) is 1. The lowest BCUT2D eigenvalue weighted by Gasteiger charge is -2.30. The van der Waals surface area contributed by atoms with Crippen molar-refractivity contribution in [3.8, 4) is 0 Å². The van der Waals surface area contributed by atoms with E-state index in [4.69, 9.17) is 0 Å². The highest BCUT2D eigenvalue weighted by molar-refractivity contribution is 5.81. The van der Waals surface area contributed by atoms with Crippen molar-refractivity contribution >= 4 is 5.91 Å². The summed E-state index contributed by atoms with van der Waals surface area (Å²) in [4.78, 5) is 14.2. The van der Waals surface area contributed by atoms with Gasteiger partial charge < -0.3 is 10.2 Å². The van der Waals surface area contributed by atoms with Crippen molar-refractivity contribution in [1.29, 1.82) is 0 Å².